The number of aryl methyl sites for hydroxylation is 2. The Morgan fingerprint density at radius 1 is 1.29 bits per heavy atom. The molecule has 0 unspecified atom stereocenters. The quantitative estimate of drug-likeness (QED) is 0.407. The highest BCUT2D eigenvalue weighted by atomic mass is 127. The molecule has 132 valence electrons. The first-order chi connectivity index (χ1) is 11.1. The van der Waals surface area contributed by atoms with Crippen LogP contribution in [0.1, 0.15) is 29.5 Å². The van der Waals surface area contributed by atoms with E-state index in [4.69, 9.17) is 4.52 Å². The molecule has 1 heterocycles. The van der Waals surface area contributed by atoms with Crippen molar-refractivity contribution in [2.24, 2.45) is 4.99 Å². The van der Waals surface area contributed by atoms with Crippen molar-refractivity contribution in [1.29, 1.82) is 0 Å². The van der Waals surface area contributed by atoms with E-state index in [-0.39, 0.29) is 29.8 Å². The van der Waals surface area contributed by atoms with Gasteiger partial charge in [0.15, 0.2) is 11.7 Å². The number of rotatable bonds is 6. The van der Waals surface area contributed by atoms with E-state index in [0.717, 1.165) is 35.4 Å². The third kappa shape index (κ3) is 6.10. The minimum absolute atomic E-state index is 0. The second-order valence-corrected chi connectivity index (χ2v) is 5.31. The molecule has 2 N–H and O–H groups in total. The van der Waals surface area contributed by atoms with Crippen LogP contribution in [0.15, 0.2) is 33.8 Å². The Morgan fingerprint density at radius 2 is 2.08 bits per heavy atom. The largest absolute Gasteiger partial charge is 0.359 e. The number of guanidine groups is 1. The van der Waals surface area contributed by atoms with Crippen LogP contribution in [0.2, 0.25) is 0 Å². The minimum Gasteiger partial charge on any atom is -0.359 e. The van der Waals surface area contributed by atoms with Gasteiger partial charge >= 0.3 is 0 Å². The molecule has 0 bridgehead atoms. The first-order valence-electron chi connectivity index (χ1n) is 7.76. The van der Waals surface area contributed by atoms with Crippen LogP contribution in [0, 0.1) is 12.7 Å². The van der Waals surface area contributed by atoms with Gasteiger partial charge in [-0.25, -0.2) is 4.39 Å². The zero-order valence-corrected chi connectivity index (χ0v) is 16.6. The lowest BCUT2D eigenvalue weighted by Crippen LogP contribution is -2.37. The number of benzene rings is 1. The van der Waals surface area contributed by atoms with Crippen molar-refractivity contribution in [1.82, 2.24) is 15.8 Å². The molecule has 2 aromatic rings. The number of aliphatic imine (C=N–C) groups is 1. The van der Waals surface area contributed by atoms with Crippen molar-refractivity contribution in [3.63, 3.8) is 0 Å². The summed E-state index contributed by atoms with van der Waals surface area (Å²) in [5.41, 5.74) is 3.03. The second kappa shape index (κ2) is 10.3. The van der Waals surface area contributed by atoms with Crippen LogP contribution in [-0.2, 0) is 19.4 Å². The number of nitrogens with one attached hydrogen (secondary N) is 2. The van der Waals surface area contributed by atoms with Gasteiger partial charge in [-0.2, -0.15) is 0 Å². The van der Waals surface area contributed by atoms with Gasteiger partial charge in [-0.3, -0.25) is 4.99 Å². The molecule has 0 amide bonds. The molecule has 0 radical (unpaired) electrons. The average molecular weight is 446 g/mol. The van der Waals surface area contributed by atoms with Gasteiger partial charge in [-0.05, 0) is 43.0 Å². The van der Waals surface area contributed by atoms with Crippen LogP contribution in [0.25, 0.3) is 0 Å². The Morgan fingerprint density at radius 3 is 2.71 bits per heavy atom. The standard InChI is InChI=1S/C17H23FN4O.HI/c1-4-15-10-16(23-22-15)11-21-17(19-3)20-8-7-13-5-6-14(18)9-12(13)2;/h5-6,9-10H,4,7-8,11H2,1-3H3,(H2,19,20,21);1H. The number of aromatic nitrogens is 1. The van der Waals surface area contributed by atoms with Crippen LogP contribution < -0.4 is 10.6 Å². The fourth-order valence-corrected chi connectivity index (χ4v) is 2.25. The molecule has 5 nitrogen and oxygen atoms in total. The Balaban J connectivity index is 0.00000288. The predicted octanol–water partition coefficient (Wildman–Crippen LogP) is 3.21. The first kappa shape index (κ1) is 20.4. The summed E-state index contributed by atoms with van der Waals surface area (Å²) in [6, 6.07) is 6.80. The minimum atomic E-state index is -0.199. The second-order valence-electron chi connectivity index (χ2n) is 5.31. The van der Waals surface area contributed by atoms with Gasteiger partial charge in [0, 0.05) is 19.7 Å². The molecule has 1 aromatic carbocycles. The highest BCUT2D eigenvalue weighted by Crippen LogP contribution is 2.10. The van der Waals surface area contributed by atoms with Crippen molar-refractivity contribution in [3.05, 3.63) is 52.7 Å². The van der Waals surface area contributed by atoms with Gasteiger partial charge in [0.25, 0.3) is 0 Å². The molecule has 0 spiro atoms. The topological polar surface area (TPSA) is 62.5 Å². The molecule has 0 atom stereocenters. The lowest BCUT2D eigenvalue weighted by Gasteiger charge is -2.11. The number of nitrogens with zero attached hydrogens (tertiary/aromatic N) is 2. The molecule has 24 heavy (non-hydrogen) atoms. The number of hydrogen-bond acceptors (Lipinski definition) is 3. The zero-order valence-electron chi connectivity index (χ0n) is 14.2. The molecule has 1 aromatic heterocycles. The Bertz CT molecular complexity index is 672. The van der Waals surface area contributed by atoms with E-state index in [2.05, 4.69) is 20.8 Å². The fourth-order valence-electron chi connectivity index (χ4n) is 2.25. The van der Waals surface area contributed by atoms with E-state index in [1.807, 2.05) is 26.0 Å². The lowest BCUT2D eigenvalue weighted by molar-refractivity contribution is 0.374. The normalized spacial score (nSPS) is 11.1. The summed E-state index contributed by atoms with van der Waals surface area (Å²) >= 11 is 0. The lowest BCUT2D eigenvalue weighted by atomic mass is 10.1. The summed E-state index contributed by atoms with van der Waals surface area (Å²) in [5.74, 6) is 1.27. The summed E-state index contributed by atoms with van der Waals surface area (Å²) in [5, 5.41) is 10.4. The average Bonchev–Trinajstić information content (AvgIpc) is 3.00. The molecule has 0 aliphatic heterocycles. The molecule has 0 saturated heterocycles. The highest BCUT2D eigenvalue weighted by molar-refractivity contribution is 14.0. The van der Waals surface area contributed by atoms with Crippen LogP contribution in [0.3, 0.4) is 0 Å². The molecule has 0 saturated carbocycles. The SMILES string of the molecule is CCc1cc(CNC(=NC)NCCc2ccc(F)cc2C)on1.I. The maximum absolute atomic E-state index is 13.1. The van der Waals surface area contributed by atoms with Crippen LogP contribution in [0.4, 0.5) is 4.39 Å². The van der Waals surface area contributed by atoms with Crippen LogP contribution >= 0.6 is 24.0 Å². The van der Waals surface area contributed by atoms with Gasteiger partial charge < -0.3 is 15.2 Å². The van der Waals surface area contributed by atoms with E-state index in [9.17, 15) is 4.39 Å². The van der Waals surface area contributed by atoms with E-state index >= 15 is 0 Å². The molecular formula is C17H24FIN4O. The van der Waals surface area contributed by atoms with E-state index in [0.29, 0.717) is 19.0 Å². The number of hydrogen-bond donors (Lipinski definition) is 2. The highest BCUT2D eigenvalue weighted by Gasteiger charge is 2.05. The van der Waals surface area contributed by atoms with Gasteiger partial charge in [0.05, 0.1) is 12.2 Å². The van der Waals surface area contributed by atoms with Crippen molar-refractivity contribution in [2.45, 2.75) is 33.2 Å². The predicted molar refractivity (Wildman–Crippen MR) is 104 cm³/mol. The van der Waals surface area contributed by atoms with Crippen molar-refractivity contribution >= 4 is 29.9 Å². The van der Waals surface area contributed by atoms with Crippen molar-refractivity contribution < 1.29 is 8.91 Å². The molecule has 2 rings (SSSR count). The van der Waals surface area contributed by atoms with E-state index in [1.165, 1.54) is 6.07 Å². The maximum atomic E-state index is 13.1. The van der Waals surface area contributed by atoms with Crippen LogP contribution in [0.5, 0.6) is 0 Å². The Labute approximate surface area is 159 Å². The third-order valence-corrected chi connectivity index (χ3v) is 3.62. The number of halogens is 2. The molecular weight excluding hydrogens is 422 g/mol. The van der Waals surface area contributed by atoms with Crippen LogP contribution in [-0.4, -0.2) is 24.7 Å². The summed E-state index contributed by atoms with van der Waals surface area (Å²) in [7, 11) is 1.72. The summed E-state index contributed by atoms with van der Waals surface area (Å²) < 4.78 is 18.3. The zero-order chi connectivity index (χ0) is 16.7. The summed E-state index contributed by atoms with van der Waals surface area (Å²) in [6.45, 7) is 5.19. The molecule has 0 aliphatic rings. The smallest absolute Gasteiger partial charge is 0.191 e. The first-order valence-corrected chi connectivity index (χ1v) is 7.76. The van der Waals surface area contributed by atoms with Gasteiger partial charge in [0.1, 0.15) is 5.82 Å². The monoisotopic (exact) mass is 446 g/mol. The third-order valence-electron chi connectivity index (χ3n) is 3.62. The van der Waals surface area contributed by atoms with Gasteiger partial charge in [-0.1, -0.05) is 18.1 Å². The summed E-state index contributed by atoms with van der Waals surface area (Å²) in [4.78, 5) is 4.17. The van der Waals surface area contributed by atoms with E-state index < -0.39 is 0 Å². The van der Waals surface area contributed by atoms with Crippen molar-refractivity contribution in [3.8, 4) is 0 Å². The van der Waals surface area contributed by atoms with Gasteiger partial charge in [0.2, 0.25) is 0 Å². The molecule has 0 aliphatic carbocycles. The summed E-state index contributed by atoms with van der Waals surface area (Å²) in [6.07, 6.45) is 1.66. The maximum Gasteiger partial charge on any atom is 0.191 e. The molecule has 7 heteroatoms. The van der Waals surface area contributed by atoms with Gasteiger partial charge in [-0.15, -0.1) is 24.0 Å². The fraction of sp³-hybridized carbons (Fsp3) is 0.412. The van der Waals surface area contributed by atoms with E-state index in [1.54, 1.807) is 13.1 Å². The Hall–Kier alpha value is -1.64. The van der Waals surface area contributed by atoms with Crippen molar-refractivity contribution in [2.75, 3.05) is 13.6 Å². The Kier molecular flexibility index (Phi) is 8.73. The molecule has 0 fully saturated rings.